The maximum atomic E-state index is 6.09. The van der Waals surface area contributed by atoms with Gasteiger partial charge in [0.15, 0.2) is 0 Å². The highest BCUT2D eigenvalue weighted by atomic mass is 16.5. The predicted octanol–water partition coefficient (Wildman–Crippen LogP) is 7.57. The molecule has 0 aliphatic carbocycles. The van der Waals surface area contributed by atoms with Crippen molar-refractivity contribution < 1.29 is 4.74 Å². The van der Waals surface area contributed by atoms with E-state index in [1.54, 1.807) is 0 Å². The highest BCUT2D eigenvalue weighted by molar-refractivity contribution is 5.33. The highest BCUT2D eigenvalue weighted by Crippen LogP contribution is 2.24. The van der Waals surface area contributed by atoms with Crippen molar-refractivity contribution in [3.8, 4) is 5.75 Å². The fourth-order valence-corrected chi connectivity index (χ4v) is 3.27. The molecule has 0 aliphatic heterocycles. The Hall–Kier alpha value is -0.980. The lowest BCUT2D eigenvalue weighted by molar-refractivity contribution is 0.299. The first kappa shape index (κ1) is 21.1. The van der Waals surface area contributed by atoms with Crippen LogP contribution < -0.4 is 4.74 Å². The lowest BCUT2D eigenvalue weighted by atomic mass is 9.95. The second-order valence-corrected chi connectivity index (χ2v) is 7.38. The van der Waals surface area contributed by atoms with Crippen molar-refractivity contribution in [2.75, 3.05) is 6.61 Å². The molecular weight excluding hydrogens is 292 g/mol. The molecule has 0 aromatic heterocycles. The molecule has 1 atom stereocenters. The zero-order valence-electron chi connectivity index (χ0n) is 16.5. The lowest BCUT2D eigenvalue weighted by Gasteiger charge is -2.15. The number of rotatable bonds is 15. The number of ether oxygens (including phenoxy) is 1. The molecule has 0 heterocycles. The molecule has 1 heteroatoms. The summed E-state index contributed by atoms with van der Waals surface area (Å²) in [5.74, 6) is 1.87. The maximum Gasteiger partial charge on any atom is 0.122 e. The van der Waals surface area contributed by atoms with E-state index in [9.17, 15) is 0 Å². The van der Waals surface area contributed by atoms with Crippen LogP contribution in [0.25, 0.3) is 0 Å². The Labute approximate surface area is 151 Å². The van der Waals surface area contributed by atoms with Gasteiger partial charge in [-0.3, -0.25) is 0 Å². The third-order valence-electron chi connectivity index (χ3n) is 4.85. The average molecular weight is 333 g/mol. The van der Waals surface area contributed by atoms with Crippen molar-refractivity contribution in [1.82, 2.24) is 0 Å². The van der Waals surface area contributed by atoms with Crippen molar-refractivity contribution >= 4 is 0 Å². The van der Waals surface area contributed by atoms with Gasteiger partial charge in [0.1, 0.15) is 5.75 Å². The van der Waals surface area contributed by atoms with Crippen LogP contribution in [0.3, 0.4) is 0 Å². The lowest BCUT2D eigenvalue weighted by Crippen LogP contribution is -2.04. The van der Waals surface area contributed by atoms with Gasteiger partial charge in [-0.05, 0) is 30.4 Å². The summed E-state index contributed by atoms with van der Waals surface area (Å²) < 4.78 is 6.09. The molecule has 0 N–H and O–H groups in total. The van der Waals surface area contributed by atoms with Crippen molar-refractivity contribution in [3.05, 3.63) is 29.8 Å². The van der Waals surface area contributed by atoms with Crippen LogP contribution >= 0.6 is 0 Å². The van der Waals surface area contributed by atoms with E-state index in [1.165, 1.54) is 76.2 Å². The van der Waals surface area contributed by atoms with Crippen LogP contribution in [0.2, 0.25) is 0 Å². The Morgan fingerprint density at radius 2 is 1.42 bits per heavy atom. The SMILES string of the molecule is CCCCCCCCOc1ccccc1CC(C)CCCCCC. The van der Waals surface area contributed by atoms with Gasteiger partial charge >= 0.3 is 0 Å². The van der Waals surface area contributed by atoms with E-state index in [2.05, 4.69) is 45.0 Å². The molecule has 0 bridgehead atoms. The Kier molecular flexibility index (Phi) is 12.6. The van der Waals surface area contributed by atoms with Crippen LogP contribution in [-0.2, 0) is 6.42 Å². The van der Waals surface area contributed by atoms with Crippen LogP contribution in [0.1, 0.15) is 97.0 Å². The normalized spacial score (nSPS) is 12.3. The van der Waals surface area contributed by atoms with E-state index in [4.69, 9.17) is 4.74 Å². The first-order chi connectivity index (χ1) is 11.8. The third-order valence-corrected chi connectivity index (χ3v) is 4.85. The van der Waals surface area contributed by atoms with E-state index >= 15 is 0 Å². The van der Waals surface area contributed by atoms with E-state index in [0.29, 0.717) is 0 Å². The number of para-hydroxylation sites is 1. The molecule has 24 heavy (non-hydrogen) atoms. The van der Waals surface area contributed by atoms with Crippen LogP contribution in [-0.4, -0.2) is 6.61 Å². The van der Waals surface area contributed by atoms with Gasteiger partial charge in [-0.15, -0.1) is 0 Å². The molecule has 0 spiro atoms. The summed E-state index contributed by atoms with van der Waals surface area (Å²) in [6.45, 7) is 7.80. The highest BCUT2D eigenvalue weighted by Gasteiger charge is 2.08. The molecule has 1 rings (SSSR count). The summed E-state index contributed by atoms with van der Waals surface area (Å²) in [4.78, 5) is 0. The van der Waals surface area contributed by atoms with E-state index in [1.807, 2.05) is 0 Å². The topological polar surface area (TPSA) is 9.23 Å². The minimum atomic E-state index is 0.751. The van der Waals surface area contributed by atoms with Crippen molar-refractivity contribution in [1.29, 1.82) is 0 Å². The summed E-state index contributed by atoms with van der Waals surface area (Å²) in [5.41, 5.74) is 1.39. The summed E-state index contributed by atoms with van der Waals surface area (Å²) >= 11 is 0. The molecule has 0 aliphatic rings. The average Bonchev–Trinajstić information content (AvgIpc) is 2.59. The smallest absolute Gasteiger partial charge is 0.122 e. The Morgan fingerprint density at radius 3 is 2.17 bits per heavy atom. The molecule has 1 unspecified atom stereocenters. The number of hydrogen-bond acceptors (Lipinski definition) is 1. The summed E-state index contributed by atoms with van der Waals surface area (Å²) in [5, 5.41) is 0. The monoisotopic (exact) mass is 332 g/mol. The molecule has 1 aromatic rings. The summed E-state index contributed by atoms with van der Waals surface area (Å²) in [6.07, 6.45) is 15.9. The first-order valence-corrected chi connectivity index (χ1v) is 10.5. The fourth-order valence-electron chi connectivity index (χ4n) is 3.27. The zero-order valence-corrected chi connectivity index (χ0v) is 16.5. The summed E-state index contributed by atoms with van der Waals surface area (Å²) in [7, 11) is 0. The summed E-state index contributed by atoms with van der Waals surface area (Å²) in [6, 6.07) is 8.65. The van der Waals surface area contributed by atoms with Crippen molar-refractivity contribution in [2.45, 2.75) is 97.8 Å². The molecular formula is C23H40O. The molecule has 0 radical (unpaired) electrons. The minimum Gasteiger partial charge on any atom is -0.493 e. The maximum absolute atomic E-state index is 6.09. The fraction of sp³-hybridized carbons (Fsp3) is 0.739. The number of benzene rings is 1. The minimum absolute atomic E-state index is 0.751. The van der Waals surface area contributed by atoms with Crippen LogP contribution in [0.4, 0.5) is 0 Å². The third kappa shape index (κ3) is 10.0. The Morgan fingerprint density at radius 1 is 0.792 bits per heavy atom. The first-order valence-electron chi connectivity index (χ1n) is 10.5. The van der Waals surface area contributed by atoms with E-state index in [0.717, 1.165) is 24.7 Å². The van der Waals surface area contributed by atoms with E-state index < -0.39 is 0 Å². The Bertz CT molecular complexity index is 399. The standard InChI is InChI=1S/C23H40O/c1-4-6-8-10-11-15-19-24-23-18-14-13-17-22(23)20-21(3)16-12-9-7-5-2/h13-14,17-18,21H,4-12,15-16,19-20H2,1-3H3. The van der Waals surface area contributed by atoms with Gasteiger partial charge in [0, 0.05) is 0 Å². The van der Waals surface area contributed by atoms with Gasteiger partial charge in [-0.25, -0.2) is 0 Å². The Balaban J connectivity index is 2.28. The predicted molar refractivity (Wildman–Crippen MR) is 107 cm³/mol. The van der Waals surface area contributed by atoms with Gasteiger partial charge in [0.2, 0.25) is 0 Å². The molecule has 1 aromatic carbocycles. The molecule has 0 amide bonds. The van der Waals surface area contributed by atoms with Gasteiger partial charge in [-0.1, -0.05) is 103 Å². The van der Waals surface area contributed by atoms with Gasteiger partial charge in [0.25, 0.3) is 0 Å². The number of hydrogen-bond donors (Lipinski definition) is 0. The molecule has 0 fully saturated rings. The number of unbranched alkanes of at least 4 members (excludes halogenated alkanes) is 8. The van der Waals surface area contributed by atoms with Gasteiger partial charge in [-0.2, -0.15) is 0 Å². The molecule has 0 saturated heterocycles. The van der Waals surface area contributed by atoms with Crippen LogP contribution in [0.5, 0.6) is 5.75 Å². The van der Waals surface area contributed by atoms with Crippen molar-refractivity contribution in [3.63, 3.8) is 0 Å². The molecule has 0 saturated carbocycles. The molecule has 1 nitrogen and oxygen atoms in total. The largest absolute Gasteiger partial charge is 0.493 e. The quantitative estimate of drug-likeness (QED) is 0.301. The van der Waals surface area contributed by atoms with Gasteiger partial charge < -0.3 is 4.74 Å². The van der Waals surface area contributed by atoms with Crippen molar-refractivity contribution in [2.24, 2.45) is 5.92 Å². The second kappa shape index (κ2) is 14.4. The van der Waals surface area contributed by atoms with Crippen LogP contribution in [0.15, 0.2) is 24.3 Å². The van der Waals surface area contributed by atoms with E-state index in [-0.39, 0.29) is 0 Å². The zero-order chi connectivity index (χ0) is 17.5. The van der Waals surface area contributed by atoms with Crippen LogP contribution in [0, 0.1) is 5.92 Å². The molecule has 138 valence electrons. The second-order valence-electron chi connectivity index (χ2n) is 7.38. The van der Waals surface area contributed by atoms with Gasteiger partial charge in [0.05, 0.1) is 6.61 Å².